The number of carbonyl (C=O) groups is 1. The molecule has 9 heteroatoms. The molecule has 1 aliphatic heterocycles. The number of rotatable bonds is 6. The van der Waals surface area contributed by atoms with E-state index in [4.69, 9.17) is 4.74 Å². The number of fused-ring (bicyclic) bond motifs is 1. The first kappa shape index (κ1) is 26.3. The number of benzene rings is 2. The number of hydrogen-bond donors (Lipinski definition) is 1. The maximum atomic E-state index is 13.6. The van der Waals surface area contributed by atoms with Crippen molar-refractivity contribution in [1.82, 2.24) is 9.21 Å². The van der Waals surface area contributed by atoms with Gasteiger partial charge in [0.25, 0.3) is 5.91 Å². The highest BCUT2D eigenvalue weighted by molar-refractivity contribution is 7.89. The number of ether oxygens (including phenoxy) is 1. The Bertz CT molecular complexity index is 1250. The first-order valence-electron chi connectivity index (χ1n) is 12.3. The van der Waals surface area contributed by atoms with Crippen molar-refractivity contribution in [3.05, 3.63) is 65.5 Å². The van der Waals surface area contributed by atoms with Gasteiger partial charge in [-0.25, -0.2) is 12.8 Å². The highest BCUT2D eigenvalue weighted by Gasteiger charge is 2.38. The maximum Gasteiger partial charge on any atom is 0.253 e. The van der Waals surface area contributed by atoms with E-state index in [1.165, 1.54) is 33.5 Å². The molecule has 0 bridgehead atoms. The molecule has 1 aliphatic carbocycles. The molecule has 0 spiro atoms. The Balaban J connectivity index is 1.70. The third-order valence-electron chi connectivity index (χ3n) is 6.97. The van der Waals surface area contributed by atoms with Crippen LogP contribution >= 0.6 is 0 Å². The molecule has 7 nitrogen and oxygen atoms in total. The van der Waals surface area contributed by atoms with E-state index in [-0.39, 0.29) is 42.2 Å². The second kappa shape index (κ2) is 10.7. The van der Waals surface area contributed by atoms with Crippen molar-refractivity contribution >= 4 is 21.5 Å². The van der Waals surface area contributed by atoms with Crippen molar-refractivity contribution in [2.45, 2.75) is 50.2 Å². The van der Waals surface area contributed by atoms with Gasteiger partial charge in [-0.1, -0.05) is 19.1 Å². The lowest BCUT2D eigenvalue weighted by molar-refractivity contribution is 0.0563. The Morgan fingerprint density at radius 2 is 1.97 bits per heavy atom. The summed E-state index contributed by atoms with van der Waals surface area (Å²) in [7, 11) is -2.28. The number of carbonyl (C=O) groups excluding carboxylic acids is 1. The van der Waals surface area contributed by atoms with E-state index in [0.29, 0.717) is 5.56 Å². The molecule has 194 valence electrons. The number of amides is 1. The standard InChI is InChI=1S/C27H33FN2O5S/c1-18-15-30(19(2)17-31)36(33,34)26-13-10-22(20-6-4-5-7-20)14-24(26)35-25(18)16-29(3)27(32)21-8-11-23(28)12-9-21/h6,8-14,18-19,25,31H,4-5,7,15-17H2,1-3H3/t18-,19-,25+/m0/s1. The van der Waals surface area contributed by atoms with Crippen LogP contribution in [0.2, 0.25) is 0 Å². The van der Waals surface area contributed by atoms with Gasteiger partial charge in [0.15, 0.2) is 0 Å². The normalized spacial score (nSPS) is 22.5. The molecule has 0 aromatic heterocycles. The number of sulfonamides is 1. The van der Waals surface area contributed by atoms with Crippen LogP contribution in [0.4, 0.5) is 4.39 Å². The minimum atomic E-state index is -3.93. The van der Waals surface area contributed by atoms with Crippen LogP contribution < -0.4 is 4.74 Å². The van der Waals surface area contributed by atoms with E-state index in [0.717, 1.165) is 30.4 Å². The third kappa shape index (κ3) is 5.33. The smallest absolute Gasteiger partial charge is 0.253 e. The minimum absolute atomic E-state index is 0.0505. The van der Waals surface area contributed by atoms with Crippen LogP contribution in [0.1, 0.15) is 49.0 Å². The fourth-order valence-corrected chi connectivity index (χ4v) is 6.57. The van der Waals surface area contributed by atoms with Crippen LogP contribution in [-0.2, 0) is 10.0 Å². The second-order valence-electron chi connectivity index (χ2n) is 9.72. The second-order valence-corrected chi connectivity index (χ2v) is 11.6. The summed E-state index contributed by atoms with van der Waals surface area (Å²) >= 11 is 0. The van der Waals surface area contributed by atoms with Crippen molar-refractivity contribution in [1.29, 1.82) is 0 Å². The van der Waals surface area contributed by atoms with Gasteiger partial charge in [0.2, 0.25) is 10.0 Å². The van der Waals surface area contributed by atoms with Gasteiger partial charge < -0.3 is 14.7 Å². The summed E-state index contributed by atoms with van der Waals surface area (Å²) in [5.74, 6) is -0.754. The average molecular weight is 517 g/mol. The van der Waals surface area contributed by atoms with Crippen LogP contribution in [0, 0.1) is 11.7 Å². The zero-order valence-electron chi connectivity index (χ0n) is 20.9. The number of nitrogens with zero attached hydrogens (tertiary/aromatic N) is 2. The Hall–Kier alpha value is -2.75. The predicted octanol–water partition coefficient (Wildman–Crippen LogP) is 3.93. The number of allylic oxidation sites excluding steroid dienone is 2. The minimum Gasteiger partial charge on any atom is -0.487 e. The van der Waals surface area contributed by atoms with E-state index in [1.54, 1.807) is 26.1 Å². The summed E-state index contributed by atoms with van der Waals surface area (Å²) in [5.41, 5.74) is 2.44. The third-order valence-corrected chi connectivity index (χ3v) is 8.99. The molecule has 0 radical (unpaired) electrons. The SMILES string of the molecule is C[C@H]1CN([C@@H](C)CO)S(=O)(=O)c2ccc(C3=CCCC3)cc2O[C@@H]1CN(C)C(=O)c1ccc(F)cc1. The van der Waals surface area contributed by atoms with Gasteiger partial charge in [0.1, 0.15) is 22.6 Å². The van der Waals surface area contributed by atoms with Gasteiger partial charge in [-0.2, -0.15) is 4.31 Å². The fourth-order valence-electron chi connectivity index (χ4n) is 4.74. The van der Waals surface area contributed by atoms with Crippen LogP contribution in [0.15, 0.2) is 53.4 Å². The molecule has 0 unspecified atom stereocenters. The Kier molecular flexibility index (Phi) is 7.82. The lowest BCUT2D eigenvalue weighted by Crippen LogP contribution is -2.50. The van der Waals surface area contributed by atoms with Gasteiger partial charge >= 0.3 is 0 Å². The topological polar surface area (TPSA) is 87.2 Å². The van der Waals surface area contributed by atoms with Gasteiger partial charge in [-0.15, -0.1) is 0 Å². The molecular weight excluding hydrogens is 483 g/mol. The molecule has 3 atom stereocenters. The molecule has 2 aromatic rings. The van der Waals surface area contributed by atoms with E-state index in [2.05, 4.69) is 6.08 Å². The Morgan fingerprint density at radius 1 is 1.25 bits per heavy atom. The first-order valence-corrected chi connectivity index (χ1v) is 13.7. The van der Waals surface area contributed by atoms with Crippen LogP contribution in [0.3, 0.4) is 0 Å². The molecule has 1 amide bonds. The zero-order chi connectivity index (χ0) is 26.0. The highest BCUT2D eigenvalue weighted by atomic mass is 32.2. The van der Waals surface area contributed by atoms with Gasteiger partial charge in [0.05, 0.1) is 13.2 Å². The number of aliphatic hydroxyl groups is 1. The van der Waals surface area contributed by atoms with E-state index in [9.17, 15) is 22.7 Å². The monoisotopic (exact) mass is 516 g/mol. The fraction of sp³-hybridized carbons (Fsp3) is 0.444. The van der Waals surface area contributed by atoms with Crippen molar-refractivity contribution in [3.8, 4) is 5.75 Å². The predicted molar refractivity (Wildman–Crippen MR) is 136 cm³/mol. The average Bonchev–Trinajstić information content (AvgIpc) is 3.40. The van der Waals surface area contributed by atoms with E-state index >= 15 is 0 Å². The molecule has 0 fully saturated rings. The lowest BCUT2D eigenvalue weighted by atomic mass is 10.0. The number of halogens is 1. The van der Waals surface area contributed by atoms with Crippen molar-refractivity contribution < 1.29 is 27.4 Å². The summed E-state index contributed by atoms with van der Waals surface area (Å²) in [6, 6.07) is 9.89. The molecule has 1 heterocycles. The zero-order valence-corrected chi connectivity index (χ0v) is 21.7. The molecule has 36 heavy (non-hydrogen) atoms. The first-order chi connectivity index (χ1) is 17.1. The molecule has 0 saturated carbocycles. The van der Waals surface area contributed by atoms with Crippen LogP contribution in [0.5, 0.6) is 5.75 Å². The molecule has 2 aliphatic rings. The molecule has 4 rings (SSSR count). The van der Waals surface area contributed by atoms with Crippen molar-refractivity contribution in [3.63, 3.8) is 0 Å². The highest BCUT2D eigenvalue weighted by Crippen LogP contribution is 2.37. The Labute approximate surface area is 212 Å². The van der Waals surface area contributed by atoms with Crippen molar-refractivity contribution in [2.24, 2.45) is 5.92 Å². The summed E-state index contributed by atoms with van der Waals surface area (Å²) in [6.45, 7) is 3.55. The molecular formula is C27H33FN2O5S. The van der Waals surface area contributed by atoms with Gasteiger partial charge in [-0.05, 0) is 73.7 Å². The summed E-state index contributed by atoms with van der Waals surface area (Å²) in [5, 5.41) is 9.81. The number of aliphatic hydroxyl groups excluding tert-OH is 1. The van der Waals surface area contributed by atoms with Gasteiger partial charge in [0, 0.05) is 31.1 Å². The number of hydrogen-bond acceptors (Lipinski definition) is 5. The van der Waals surface area contributed by atoms with E-state index in [1.807, 2.05) is 13.0 Å². The molecule has 2 aromatic carbocycles. The summed E-state index contributed by atoms with van der Waals surface area (Å²) in [4.78, 5) is 14.5. The molecule has 1 N–H and O–H groups in total. The number of likely N-dealkylation sites (N-methyl/N-ethyl adjacent to an activating group) is 1. The van der Waals surface area contributed by atoms with Crippen LogP contribution in [0.25, 0.3) is 5.57 Å². The van der Waals surface area contributed by atoms with E-state index < -0.39 is 28.0 Å². The summed E-state index contributed by atoms with van der Waals surface area (Å²) in [6.07, 6.45) is 4.62. The lowest BCUT2D eigenvalue weighted by Gasteiger charge is -2.37. The maximum absolute atomic E-state index is 13.6. The molecule has 0 saturated heterocycles. The van der Waals surface area contributed by atoms with Gasteiger partial charge in [-0.3, -0.25) is 4.79 Å². The largest absolute Gasteiger partial charge is 0.487 e. The van der Waals surface area contributed by atoms with Crippen molar-refractivity contribution in [2.75, 3.05) is 26.7 Å². The Morgan fingerprint density at radius 3 is 2.61 bits per heavy atom. The quantitative estimate of drug-likeness (QED) is 0.629. The van der Waals surface area contributed by atoms with Crippen LogP contribution in [-0.4, -0.2) is 67.5 Å². The summed E-state index contributed by atoms with van der Waals surface area (Å²) < 4.78 is 48.3.